The molecular formula is C28H44O7. The maximum Gasteiger partial charge on any atom is 0.302 e. The van der Waals surface area contributed by atoms with Gasteiger partial charge < -0.3 is 18.9 Å². The molecule has 1 spiro atoms. The average molecular weight is 493 g/mol. The van der Waals surface area contributed by atoms with Crippen molar-refractivity contribution in [1.82, 2.24) is 0 Å². The van der Waals surface area contributed by atoms with Gasteiger partial charge in [-0.05, 0) is 87.9 Å². The minimum Gasteiger partial charge on any atom is -0.469 e. The number of hydrogen-bond donors (Lipinski definition) is 0. The summed E-state index contributed by atoms with van der Waals surface area (Å²) in [4.78, 5) is 30.8. The van der Waals surface area contributed by atoms with Crippen LogP contribution in [0.4, 0.5) is 0 Å². The Kier molecular flexibility index (Phi) is 8.57. The predicted molar refractivity (Wildman–Crippen MR) is 129 cm³/mol. The number of ketones is 1. The maximum absolute atomic E-state index is 11.6. The highest BCUT2D eigenvalue weighted by atomic mass is 16.7. The monoisotopic (exact) mass is 492 g/mol. The Balaban J connectivity index is 0.000000123. The summed E-state index contributed by atoms with van der Waals surface area (Å²) in [7, 11) is 2.70. The van der Waals surface area contributed by atoms with Crippen LogP contribution >= 0.6 is 0 Å². The largest absolute Gasteiger partial charge is 0.469 e. The molecule has 9 aliphatic rings. The minimum atomic E-state index is -0.245. The van der Waals surface area contributed by atoms with Crippen molar-refractivity contribution in [2.45, 2.75) is 83.8 Å². The molecule has 8 bridgehead atoms. The molecule has 35 heavy (non-hydrogen) atoms. The molecule has 0 radical (unpaired) electrons. The molecule has 1 heterocycles. The number of carbonyl (C=O) groups is 3. The Hall–Kier alpha value is -1.47. The number of rotatable bonds is 0. The lowest BCUT2D eigenvalue weighted by Gasteiger charge is -2.58. The van der Waals surface area contributed by atoms with Crippen LogP contribution in [0.2, 0.25) is 0 Å². The van der Waals surface area contributed by atoms with E-state index in [0.717, 1.165) is 48.7 Å². The van der Waals surface area contributed by atoms with Crippen molar-refractivity contribution in [2.75, 3.05) is 27.4 Å². The van der Waals surface area contributed by atoms with Gasteiger partial charge in [-0.25, -0.2) is 0 Å². The van der Waals surface area contributed by atoms with Gasteiger partial charge in [0.05, 0.1) is 27.4 Å². The van der Waals surface area contributed by atoms with Gasteiger partial charge in [0.15, 0.2) is 5.79 Å². The molecule has 198 valence electrons. The Labute approximate surface area is 210 Å². The second-order valence-electron chi connectivity index (χ2n) is 11.8. The second-order valence-corrected chi connectivity index (χ2v) is 11.8. The summed E-state index contributed by atoms with van der Waals surface area (Å²) in [6.07, 6.45) is 13.4. The van der Waals surface area contributed by atoms with Crippen LogP contribution in [-0.4, -0.2) is 50.9 Å². The fourth-order valence-corrected chi connectivity index (χ4v) is 8.41. The molecule has 0 amide bonds. The Morgan fingerprint density at radius 3 is 1.29 bits per heavy atom. The van der Waals surface area contributed by atoms with Gasteiger partial charge in [0.25, 0.3) is 0 Å². The van der Waals surface area contributed by atoms with Gasteiger partial charge in [-0.3, -0.25) is 14.4 Å². The van der Waals surface area contributed by atoms with Crippen LogP contribution in [0.5, 0.6) is 0 Å². The molecule has 8 aliphatic carbocycles. The molecule has 0 aromatic carbocycles. The van der Waals surface area contributed by atoms with Crippen LogP contribution in [0.3, 0.4) is 0 Å². The molecule has 9 rings (SSSR count). The number of methoxy groups -OCH3 is 2. The fraction of sp³-hybridized carbons (Fsp3) is 0.893. The van der Waals surface area contributed by atoms with Crippen molar-refractivity contribution in [3.8, 4) is 0 Å². The number of esters is 2. The van der Waals surface area contributed by atoms with Crippen molar-refractivity contribution in [2.24, 2.45) is 47.3 Å². The molecule has 1 aliphatic heterocycles. The summed E-state index contributed by atoms with van der Waals surface area (Å²) in [5.74, 6) is 6.41. The van der Waals surface area contributed by atoms with E-state index in [1.165, 1.54) is 92.3 Å². The molecule has 0 atom stereocenters. The lowest BCUT2D eigenvalue weighted by atomic mass is 9.53. The lowest BCUT2D eigenvalue weighted by Crippen LogP contribution is -2.58. The van der Waals surface area contributed by atoms with Gasteiger partial charge in [0.1, 0.15) is 5.78 Å². The summed E-state index contributed by atoms with van der Waals surface area (Å²) in [5.41, 5.74) is 0. The number of hydrogen-bond acceptors (Lipinski definition) is 7. The van der Waals surface area contributed by atoms with Crippen LogP contribution in [0.25, 0.3) is 0 Å². The van der Waals surface area contributed by atoms with E-state index in [2.05, 4.69) is 9.47 Å². The van der Waals surface area contributed by atoms with Crippen molar-refractivity contribution in [3.05, 3.63) is 0 Å². The maximum atomic E-state index is 11.6. The topological polar surface area (TPSA) is 88.1 Å². The highest BCUT2D eigenvalue weighted by Gasteiger charge is 2.60. The molecule has 1 saturated heterocycles. The van der Waals surface area contributed by atoms with Gasteiger partial charge in [0, 0.05) is 37.5 Å². The zero-order chi connectivity index (χ0) is 25.2. The molecule has 8 saturated carbocycles. The Bertz CT molecular complexity index is 695. The van der Waals surface area contributed by atoms with E-state index in [1.54, 1.807) is 0 Å². The molecule has 7 heteroatoms. The van der Waals surface area contributed by atoms with Gasteiger partial charge >= 0.3 is 11.9 Å². The van der Waals surface area contributed by atoms with Crippen LogP contribution < -0.4 is 0 Å². The van der Waals surface area contributed by atoms with E-state index in [4.69, 9.17) is 9.47 Å². The highest BCUT2D eigenvalue weighted by molar-refractivity contribution is 5.85. The van der Waals surface area contributed by atoms with Gasteiger partial charge in [-0.15, -0.1) is 0 Å². The van der Waals surface area contributed by atoms with Crippen LogP contribution in [0, 0.1) is 47.3 Å². The zero-order valence-corrected chi connectivity index (χ0v) is 22.0. The van der Waals surface area contributed by atoms with E-state index in [1.807, 2.05) is 0 Å². The first-order chi connectivity index (χ1) is 16.7. The van der Waals surface area contributed by atoms with Gasteiger partial charge in [0.2, 0.25) is 0 Å². The quantitative estimate of drug-likeness (QED) is 0.458. The normalized spacial score (nSPS) is 40.1. The predicted octanol–water partition coefficient (Wildman–Crippen LogP) is 4.56. The summed E-state index contributed by atoms with van der Waals surface area (Å²) < 4.78 is 20.2. The van der Waals surface area contributed by atoms with E-state index in [-0.39, 0.29) is 17.7 Å². The Morgan fingerprint density at radius 2 is 0.971 bits per heavy atom. The second kappa shape index (κ2) is 11.3. The third kappa shape index (κ3) is 5.93. The van der Waals surface area contributed by atoms with E-state index < -0.39 is 0 Å². The SMILES string of the molecule is C1COC2(O1)C1CC3CC(C1)CC2C3.COC(C)=O.COC(C)=O.O=C1C2CC3CC(C2)CC1C3. The number of carbonyl (C=O) groups excluding carboxylic acids is 3. The smallest absolute Gasteiger partial charge is 0.302 e. The number of ether oxygens (including phenoxy) is 4. The molecule has 0 aromatic heterocycles. The van der Waals surface area contributed by atoms with E-state index >= 15 is 0 Å². The van der Waals surface area contributed by atoms with Crippen LogP contribution in [0.1, 0.15) is 78.1 Å². The van der Waals surface area contributed by atoms with Crippen molar-refractivity contribution >= 4 is 17.7 Å². The van der Waals surface area contributed by atoms with Crippen molar-refractivity contribution < 1.29 is 33.3 Å². The molecular weight excluding hydrogens is 448 g/mol. The molecule has 9 fully saturated rings. The first-order valence-corrected chi connectivity index (χ1v) is 13.6. The summed E-state index contributed by atoms with van der Waals surface area (Å²) in [6, 6.07) is 0. The number of Topliss-reactive ketones (excluding diaryl/α,β-unsaturated/α-hetero) is 1. The molecule has 0 N–H and O–H groups in total. The zero-order valence-electron chi connectivity index (χ0n) is 22.0. The standard InChI is InChI=1S/C12H18O2.C10H14O.2C3H6O2/c1-2-14-12(13-1)10-4-8-3-9(6-10)7-11(12)5-8;11-10-8-2-6-1-7(4-8)5-9(10)3-6;2*1-3(4)5-2/h8-11H,1-7H2;6-9H,1-5H2;2*1-2H3. The summed E-state index contributed by atoms with van der Waals surface area (Å²) in [6.45, 7) is 4.39. The van der Waals surface area contributed by atoms with Crippen molar-refractivity contribution in [1.29, 1.82) is 0 Å². The highest BCUT2D eigenvalue weighted by Crippen LogP contribution is 2.60. The molecule has 0 aromatic rings. The summed E-state index contributed by atoms with van der Waals surface area (Å²) >= 11 is 0. The van der Waals surface area contributed by atoms with Crippen LogP contribution in [0.15, 0.2) is 0 Å². The third-order valence-electron chi connectivity index (χ3n) is 9.53. The van der Waals surface area contributed by atoms with Gasteiger partial charge in [-0.1, -0.05) is 0 Å². The lowest BCUT2D eigenvalue weighted by molar-refractivity contribution is -0.287. The average Bonchev–Trinajstić information content (AvgIpc) is 3.32. The molecule has 7 nitrogen and oxygen atoms in total. The van der Waals surface area contributed by atoms with Crippen LogP contribution in [-0.2, 0) is 33.3 Å². The minimum absolute atomic E-state index is 0.104. The van der Waals surface area contributed by atoms with Crippen molar-refractivity contribution in [3.63, 3.8) is 0 Å². The molecule has 0 unspecified atom stereocenters. The fourth-order valence-electron chi connectivity index (χ4n) is 8.41. The third-order valence-corrected chi connectivity index (χ3v) is 9.53. The first-order valence-electron chi connectivity index (χ1n) is 13.6. The Morgan fingerprint density at radius 1 is 0.657 bits per heavy atom. The first kappa shape index (κ1) is 26.6. The summed E-state index contributed by atoms with van der Waals surface area (Å²) in [5, 5.41) is 0. The van der Waals surface area contributed by atoms with Gasteiger partial charge in [-0.2, -0.15) is 0 Å². The van der Waals surface area contributed by atoms with E-state index in [0.29, 0.717) is 17.6 Å². The van der Waals surface area contributed by atoms with E-state index in [9.17, 15) is 14.4 Å².